The van der Waals surface area contributed by atoms with Crippen molar-refractivity contribution >= 4 is 11.7 Å². The van der Waals surface area contributed by atoms with Gasteiger partial charge in [0.25, 0.3) is 0 Å². The van der Waals surface area contributed by atoms with Crippen LogP contribution in [0.25, 0.3) is 0 Å². The summed E-state index contributed by atoms with van der Waals surface area (Å²) in [6.45, 7) is 6.04. The molecule has 0 saturated carbocycles. The average Bonchev–Trinajstić information content (AvgIpc) is 2.43. The van der Waals surface area contributed by atoms with Gasteiger partial charge in [0, 0.05) is 12.6 Å². The van der Waals surface area contributed by atoms with Crippen LogP contribution in [0.4, 0.5) is 0 Å². The molecule has 1 atom stereocenters. The number of oxime groups is 1. The molecule has 0 radical (unpaired) electrons. The van der Waals surface area contributed by atoms with E-state index in [1.807, 2.05) is 44.2 Å². The number of nitrogens with zero attached hydrogens (tertiary/aromatic N) is 2. The summed E-state index contributed by atoms with van der Waals surface area (Å²) in [6.07, 6.45) is 0. The van der Waals surface area contributed by atoms with Crippen LogP contribution in [0.3, 0.4) is 0 Å². The Morgan fingerprint density at radius 3 is 2.37 bits per heavy atom. The van der Waals surface area contributed by atoms with E-state index in [-0.39, 0.29) is 17.8 Å². The fourth-order valence-electron chi connectivity index (χ4n) is 1.76. The summed E-state index contributed by atoms with van der Waals surface area (Å²) in [4.78, 5) is 14.1. The molecule has 0 spiro atoms. The number of carbonyl (C=O) groups excluding carboxylic acids is 1. The Kier molecular flexibility index (Phi) is 5.36. The van der Waals surface area contributed by atoms with E-state index < -0.39 is 5.92 Å². The Morgan fingerprint density at radius 1 is 1.32 bits per heavy atom. The molecule has 0 aliphatic rings. The quantitative estimate of drug-likeness (QED) is 0.368. The summed E-state index contributed by atoms with van der Waals surface area (Å²) in [7, 11) is 0. The van der Waals surface area contributed by atoms with E-state index in [4.69, 9.17) is 10.9 Å². The smallest absolute Gasteiger partial charge is 0.233 e. The number of rotatable bonds is 5. The highest BCUT2D eigenvalue weighted by atomic mass is 16.4. The number of amidine groups is 1. The second kappa shape index (κ2) is 6.78. The molecule has 1 amide bonds. The van der Waals surface area contributed by atoms with Crippen molar-refractivity contribution in [3.63, 3.8) is 0 Å². The van der Waals surface area contributed by atoms with E-state index >= 15 is 0 Å². The monoisotopic (exact) mass is 263 g/mol. The summed E-state index contributed by atoms with van der Waals surface area (Å²) in [6, 6.07) is 9.79. The normalized spacial score (nSPS) is 13.4. The Morgan fingerprint density at radius 2 is 1.89 bits per heavy atom. The van der Waals surface area contributed by atoms with Crippen molar-refractivity contribution in [3.8, 4) is 0 Å². The molecule has 1 aromatic carbocycles. The van der Waals surface area contributed by atoms with Crippen molar-refractivity contribution in [2.75, 3.05) is 0 Å². The van der Waals surface area contributed by atoms with Crippen LogP contribution in [0.2, 0.25) is 0 Å². The number of amides is 1. The minimum absolute atomic E-state index is 0.0432. The number of hydrogen-bond donors (Lipinski definition) is 2. The Balaban J connectivity index is 2.87. The number of carbonyl (C=O) groups is 1. The maximum atomic E-state index is 12.3. The first-order valence-electron chi connectivity index (χ1n) is 6.29. The molecule has 0 aliphatic heterocycles. The predicted molar refractivity (Wildman–Crippen MR) is 74.7 cm³/mol. The van der Waals surface area contributed by atoms with Gasteiger partial charge in [0.2, 0.25) is 5.91 Å². The first-order chi connectivity index (χ1) is 8.97. The second-order valence-electron chi connectivity index (χ2n) is 4.79. The lowest BCUT2D eigenvalue weighted by Crippen LogP contribution is -2.43. The first kappa shape index (κ1) is 15.0. The van der Waals surface area contributed by atoms with Crippen molar-refractivity contribution in [2.45, 2.75) is 33.4 Å². The minimum Gasteiger partial charge on any atom is -0.409 e. The van der Waals surface area contributed by atoms with Crippen molar-refractivity contribution in [1.29, 1.82) is 0 Å². The van der Waals surface area contributed by atoms with Gasteiger partial charge in [-0.3, -0.25) is 4.79 Å². The SMILES string of the molecule is CC(C(=O)N(Cc1ccccc1)C(C)C)C(N)=NO. The number of nitrogens with two attached hydrogens (primary N) is 1. The van der Waals surface area contributed by atoms with Crippen LogP contribution < -0.4 is 5.73 Å². The fourth-order valence-corrected chi connectivity index (χ4v) is 1.76. The molecular formula is C14H21N3O2. The summed E-state index contributed by atoms with van der Waals surface area (Å²) in [5.41, 5.74) is 6.55. The van der Waals surface area contributed by atoms with Crippen LogP contribution in [0.15, 0.2) is 35.5 Å². The molecule has 5 heteroatoms. The maximum Gasteiger partial charge on any atom is 0.233 e. The highest BCUT2D eigenvalue weighted by molar-refractivity contribution is 6.01. The van der Waals surface area contributed by atoms with E-state index in [1.54, 1.807) is 11.8 Å². The standard InChI is InChI=1S/C14H21N3O2/c1-10(2)17(9-12-7-5-4-6-8-12)14(18)11(3)13(15)16-19/h4-8,10-11,19H,9H2,1-3H3,(H2,15,16). The third-order valence-electron chi connectivity index (χ3n) is 3.03. The van der Waals surface area contributed by atoms with Gasteiger partial charge in [-0.25, -0.2) is 0 Å². The van der Waals surface area contributed by atoms with Gasteiger partial charge in [0.15, 0.2) is 5.84 Å². The van der Waals surface area contributed by atoms with Crippen molar-refractivity contribution in [3.05, 3.63) is 35.9 Å². The molecule has 0 bridgehead atoms. The predicted octanol–water partition coefficient (Wildman–Crippen LogP) is 1.81. The topological polar surface area (TPSA) is 78.9 Å². The third-order valence-corrected chi connectivity index (χ3v) is 3.03. The zero-order valence-corrected chi connectivity index (χ0v) is 11.6. The molecule has 5 nitrogen and oxygen atoms in total. The molecule has 3 N–H and O–H groups in total. The molecule has 1 unspecified atom stereocenters. The number of hydrogen-bond acceptors (Lipinski definition) is 3. The molecule has 0 saturated heterocycles. The summed E-state index contributed by atoms with van der Waals surface area (Å²) in [5.74, 6) is -0.839. The van der Waals surface area contributed by atoms with Gasteiger partial charge < -0.3 is 15.8 Å². The number of benzene rings is 1. The van der Waals surface area contributed by atoms with Gasteiger partial charge in [0.05, 0.1) is 5.92 Å². The van der Waals surface area contributed by atoms with E-state index in [0.717, 1.165) is 5.56 Å². The summed E-state index contributed by atoms with van der Waals surface area (Å²) in [5, 5.41) is 11.6. The van der Waals surface area contributed by atoms with Crippen LogP contribution >= 0.6 is 0 Å². The Hall–Kier alpha value is -2.04. The van der Waals surface area contributed by atoms with Gasteiger partial charge in [-0.15, -0.1) is 0 Å². The van der Waals surface area contributed by atoms with Crippen molar-refractivity contribution < 1.29 is 10.0 Å². The van der Waals surface area contributed by atoms with E-state index in [1.165, 1.54) is 0 Å². The molecule has 104 valence electrons. The fraction of sp³-hybridized carbons (Fsp3) is 0.429. The zero-order chi connectivity index (χ0) is 14.4. The highest BCUT2D eigenvalue weighted by Gasteiger charge is 2.25. The van der Waals surface area contributed by atoms with E-state index in [0.29, 0.717) is 6.54 Å². The van der Waals surface area contributed by atoms with Crippen LogP contribution in [0, 0.1) is 5.92 Å². The zero-order valence-electron chi connectivity index (χ0n) is 11.6. The van der Waals surface area contributed by atoms with Crippen LogP contribution in [0.1, 0.15) is 26.3 Å². The lowest BCUT2D eigenvalue weighted by Gasteiger charge is -2.29. The van der Waals surface area contributed by atoms with Crippen molar-refractivity contribution in [1.82, 2.24) is 4.90 Å². The minimum atomic E-state index is -0.629. The molecule has 0 aliphatic carbocycles. The molecule has 0 aromatic heterocycles. The van der Waals surface area contributed by atoms with E-state index in [2.05, 4.69) is 5.16 Å². The third kappa shape index (κ3) is 3.98. The van der Waals surface area contributed by atoms with Gasteiger partial charge in [-0.1, -0.05) is 35.5 Å². The van der Waals surface area contributed by atoms with Gasteiger partial charge in [0.1, 0.15) is 0 Å². The molecule has 1 rings (SSSR count). The lowest BCUT2D eigenvalue weighted by atomic mass is 10.1. The van der Waals surface area contributed by atoms with Crippen molar-refractivity contribution in [2.24, 2.45) is 16.8 Å². The summed E-state index contributed by atoms with van der Waals surface area (Å²) >= 11 is 0. The first-order valence-corrected chi connectivity index (χ1v) is 6.29. The van der Waals surface area contributed by atoms with Gasteiger partial charge in [-0.2, -0.15) is 0 Å². The average molecular weight is 263 g/mol. The van der Waals surface area contributed by atoms with Crippen LogP contribution in [-0.4, -0.2) is 27.9 Å². The van der Waals surface area contributed by atoms with Gasteiger partial charge >= 0.3 is 0 Å². The molecule has 0 fully saturated rings. The molecule has 19 heavy (non-hydrogen) atoms. The molecule has 1 aromatic rings. The molecule has 0 heterocycles. The van der Waals surface area contributed by atoms with Crippen LogP contribution in [0.5, 0.6) is 0 Å². The highest BCUT2D eigenvalue weighted by Crippen LogP contribution is 2.12. The maximum absolute atomic E-state index is 12.3. The summed E-state index contributed by atoms with van der Waals surface area (Å²) < 4.78 is 0. The lowest BCUT2D eigenvalue weighted by molar-refractivity contribution is -0.135. The van der Waals surface area contributed by atoms with Crippen LogP contribution in [-0.2, 0) is 11.3 Å². The molecular weight excluding hydrogens is 242 g/mol. The Labute approximate surface area is 113 Å². The van der Waals surface area contributed by atoms with Gasteiger partial charge in [-0.05, 0) is 26.3 Å². The second-order valence-corrected chi connectivity index (χ2v) is 4.79. The Bertz CT molecular complexity index is 443. The van der Waals surface area contributed by atoms with E-state index in [9.17, 15) is 4.79 Å². The largest absolute Gasteiger partial charge is 0.409 e.